The molecule has 4 heteroatoms. The Bertz CT molecular complexity index is 177. The molecule has 0 aromatic heterocycles. The maximum Gasteiger partial charge on any atom is 0.309 e. The Morgan fingerprint density at radius 1 is 1.07 bits per heavy atom. The first-order valence-electron chi connectivity index (χ1n) is 5.44. The molecule has 1 atom stereocenters. The smallest absolute Gasteiger partial charge is 0.309 e. The van der Waals surface area contributed by atoms with Gasteiger partial charge in [0.05, 0.1) is 25.6 Å². The summed E-state index contributed by atoms with van der Waals surface area (Å²) in [7, 11) is 0. The number of hydrogen-bond donors (Lipinski definition) is 0. The molecule has 0 aromatic rings. The normalized spacial score (nSPS) is 10.7. The molecule has 0 aliphatic carbocycles. The van der Waals surface area contributed by atoms with Crippen LogP contribution in [0.25, 0.3) is 0 Å². The van der Waals surface area contributed by atoms with E-state index in [-0.39, 0.29) is 18.4 Å². The van der Waals surface area contributed by atoms with E-state index in [0.29, 0.717) is 13.2 Å². The highest BCUT2D eigenvalue weighted by Crippen LogP contribution is 2.05. The summed E-state index contributed by atoms with van der Waals surface area (Å²) in [5, 5.41) is 0. The lowest BCUT2D eigenvalue weighted by atomic mass is 10.1. The number of hydrogen-bond acceptors (Lipinski definition) is 4. The number of carbonyl (C=O) groups is 2. The van der Waals surface area contributed by atoms with Crippen LogP contribution in [0.4, 0.5) is 0 Å². The molecule has 0 saturated carbocycles. The van der Waals surface area contributed by atoms with Crippen LogP contribution < -0.4 is 0 Å². The molecule has 90 valence electrons. The summed E-state index contributed by atoms with van der Waals surface area (Å²) in [6, 6.07) is 0. The lowest BCUT2D eigenvalue weighted by Crippen LogP contribution is -2.19. The van der Waals surface area contributed by atoms with Crippen molar-refractivity contribution in [2.75, 3.05) is 13.2 Å². The van der Waals surface area contributed by atoms with Gasteiger partial charge in [0.25, 0.3) is 0 Å². The van der Waals surface area contributed by atoms with E-state index in [9.17, 15) is 9.59 Å². The van der Waals surface area contributed by atoms with Gasteiger partial charge in [-0.1, -0.05) is 20.8 Å². The van der Waals surface area contributed by atoms with Crippen molar-refractivity contribution in [2.45, 2.75) is 41.0 Å². The predicted molar refractivity (Wildman–Crippen MR) is 58.4 cm³/mol. The van der Waals surface area contributed by atoms with E-state index in [1.165, 1.54) is 0 Å². The topological polar surface area (TPSA) is 52.6 Å². The largest absolute Gasteiger partial charge is 0.466 e. The van der Waals surface area contributed by atoms with Gasteiger partial charge in [-0.2, -0.15) is 0 Å². The Balaban J connectivity index is 0. The number of ether oxygens (including phenoxy) is 2. The van der Waals surface area contributed by atoms with Crippen LogP contribution in [-0.2, 0) is 19.1 Å². The molecular weight excluding hydrogens is 196 g/mol. The van der Waals surface area contributed by atoms with Crippen LogP contribution in [0, 0.1) is 5.92 Å². The summed E-state index contributed by atoms with van der Waals surface area (Å²) >= 11 is 0. The van der Waals surface area contributed by atoms with Crippen molar-refractivity contribution in [2.24, 2.45) is 5.92 Å². The molecule has 0 spiro atoms. The molecule has 15 heavy (non-hydrogen) atoms. The van der Waals surface area contributed by atoms with Gasteiger partial charge in [0.1, 0.15) is 0 Å². The molecule has 0 radical (unpaired) electrons. The molecular formula is C11H22O4. The van der Waals surface area contributed by atoms with Crippen LogP contribution in [0.1, 0.15) is 41.0 Å². The zero-order chi connectivity index (χ0) is 12.3. The monoisotopic (exact) mass is 218 g/mol. The van der Waals surface area contributed by atoms with Crippen LogP contribution in [0.5, 0.6) is 0 Å². The Morgan fingerprint density at radius 3 is 1.93 bits per heavy atom. The molecule has 0 fully saturated rings. The summed E-state index contributed by atoms with van der Waals surface area (Å²) < 4.78 is 9.43. The fourth-order valence-electron chi connectivity index (χ4n) is 0.838. The molecule has 4 nitrogen and oxygen atoms in total. The minimum Gasteiger partial charge on any atom is -0.466 e. The lowest BCUT2D eigenvalue weighted by molar-refractivity contribution is -0.154. The van der Waals surface area contributed by atoms with Crippen LogP contribution >= 0.6 is 0 Å². The Hall–Kier alpha value is -1.06. The van der Waals surface area contributed by atoms with Gasteiger partial charge < -0.3 is 9.47 Å². The highest BCUT2D eigenvalue weighted by atomic mass is 16.5. The van der Waals surface area contributed by atoms with E-state index >= 15 is 0 Å². The van der Waals surface area contributed by atoms with Gasteiger partial charge in [0.15, 0.2) is 0 Å². The van der Waals surface area contributed by atoms with Crippen molar-refractivity contribution in [1.82, 2.24) is 0 Å². The molecule has 1 unspecified atom stereocenters. The Morgan fingerprint density at radius 2 is 1.53 bits per heavy atom. The molecule has 0 aliphatic heterocycles. The summed E-state index contributed by atoms with van der Waals surface area (Å²) in [6.07, 6.45) is 0.0900. The maximum atomic E-state index is 11.1. The van der Waals surface area contributed by atoms with Gasteiger partial charge in [-0.3, -0.25) is 9.59 Å². The molecule has 0 aromatic carbocycles. The van der Waals surface area contributed by atoms with Crippen molar-refractivity contribution < 1.29 is 19.1 Å². The fraction of sp³-hybridized carbons (Fsp3) is 0.818. The van der Waals surface area contributed by atoms with Crippen LogP contribution in [-0.4, -0.2) is 25.2 Å². The average Bonchev–Trinajstić information content (AvgIpc) is 2.21. The van der Waals surface area contributed by atoms with E-state index in [1.54, 1.807) is 20.8 Å². The average molecular weight is 218 g/mol. The third-order valence-corrected chi connectivity index (χ3v) is 1.47. The summed E-state index contributed by atoms with van der Waals surface area (Å²) in [4.78, 5) is 22.0. The Labute approximate surface area is 91.9 Å². The van der Waals surface area contributed by atoms with Gasteiger partial charge in [0.2, 0.25) is 0 Å². The van der Waals surface area contributed by atoms with Crippen LogP contribution in [0.15, 0.2) is 0 Å². The molecule has 0 bridgehead atoms. The van der Waals surface area contributed by atoms with E-state index in [1.807, 2.05) is 13.8 Å². The first-order chi connectivity index (χ1) is 7.11. The van der Waals surface area contributed by atoms with Crippen molar-refractivity contribution in [3.05, 3.63) is 0 Å². The number of esters is 2. The summed E-state index contributed by atoms with van der Waals surface area (Å²) in [6.45, 7) is 9.79. The first-order valence-corrected chi connectivity index (χ1v) is 5.44. The summed E-state index contributed by atoms with van der Waals surface area (Å²) in [5.74, 6) is -1.13. The number of rotatable bonds is 5. The zero-order valence-corrected chi connectivity index (χ0v) is 10.3. The predicted octanol–water partition coefficient (Wildman–Crippen LogP) is 2.17. The van der Waals surface area contributed by atoms with Crippen LogP contribution in [0.2, 0.25) is 0 Å². The zero-order valence-electron chi connectivity index (χ0n) is 10.3. The highest BCUT2D eigenvalue weighted by molar-refractivity contribution is 5.79. The quantitative estimate of drug-likeness (QED) is 0.663. The standard InChI is InChI=1S/C9H16O4.C2H6/c1-4-12-8(10)6-7(3)9(11)13-5-2;1-2/h7H,4-6H2,1-3H3;1-2H3. The maximum absolute atomic E-state index is 11.1. The van der Waals surface area contributed by atoms with Gasteiger partial charge >= 0.3 is 11.9 Å². The molecule has 0 amide bonds. The molecule has 0 heterocycles. The van der Waals surface area contributed by atoms with Crippen molar-refractivity contribution >= 4 is 11.9 Å². The third kappa shape index (κ3) is 9.25. The van der Waals surface area contributed by atoms with E-state index in [0.717, 1.165) is 0 Å². The van der Waals surface area contributed by atoms with Gasteiger partial charge in [-0.05, 0) is 13.8 Å². The minimum atomic E-state index is -0.418. The highest BCUT2D eigenvalue weighted by Gasteiger charge is 2.18. The lowest BCUT2D eigenvalue weighted by Gasteiger charge is -2.08. The third-order valence-electron chi connectivity index (χ3n) is 1.47. The van der Waals surface area contributed by atoms with Crippen molar-refractivity contribution in [3.8, 4) is 0 Å². The summed E-state index contributed by atoms with van der Waals surface area (Å²) in [5.41, 5.74) is 0. The molecule has 0 rings (SSSR count). The molecule has 0 aliphatic rings. The minimum absolute atomic E-state index is 0.0900. The number of carbonyl (C=O) groups excluding carboxylic acids is 2. The Kier molecular flexibility index (Phi) is 12.0. The second-order valence-electron chi connectivity index (χ2n) is 2.66. The van der Waals surface area contributed by atoms with Crippen molar-refractivity contribution in [3.63, 3.8) is 0 Å². The molecule has 0 saturated heterocycles. The van der Waals surface area contributed by atoms with Crippen LogP contribution in [0.3, 0.4) is 0 Å². The van der Waals surface area contributed by atoms with Gasteiger partial charge in [-0.25, -0.2) is 0 Å². The van der Waals surface area contributed by atoms with E-state index < -0.39 is 5.92 Å². The first kappa shape index (κ1) is 16.4. The van der Waals surface area contributed by atoms with E-state index in [2.05, 4.69) is 0 Å². The second-order valence-corrected chi connectivity index (χ2v) is 2.66. The molecule has 0 N–H and O–H groups in total. The van der Waals surface area contributed by atoms with Gasteiger partial charge in [-0.15, -0.1) is 0 Å². The van der Waals surface area contributed by atoms with Gasteiger partial charge in [0, 0.05) is 0 Å². The fourth-order valence-corrected chi connectivity index (χ4v) is 0.838. The SMILES string of the molecule is CC.CCOC(=O)CC(C)C(=O)OCC. The second kappa shape index (κ2) is 11.0. The van der Waals surface area contributed by atoms with Crippen molar-refractivity contribution in [1.29, 1.82) is 0 Å². The van der Waals surface area contributed by atoms with E-state index in [4.69, 9.17) is 9.47 Å².